The number of benzene rings is 1. The summed E-state index contributed by atoms with van der Waals surface area (Å²) in [5.74, 6) is -2.01. The number of methoxy groups -OCH3 is 1. The number of hydrogen-bond acceptors (Lipinski definition) is 4. The van der Waals surface area contributed by atoms with E-state index in [-0.39, 0.29) is 5.91 Å². The van der Waals surface area contributed by atoms with Crippen LogP contribution >= 0.6 is 0 Å². The van der Waals surface area contributed by atoms with Crippen molar-refractivity contribution in [3.63, 3.8) is 0 Å². The fourth-order valence-electron chi connectivity index (χ4n) is 3.78. The summed E-state index contributed by atoms with van der Waals surface area (Å²) in [6.07, 6.45) is 3.11. The molecule has 0 saturated carbocycles. The molecule has 1 aromatic rings. The Labute approximate surface area is 126 Å². The number of carboxylic acid groups (broad SMARTS) is 1. The number of ether oxygens (including phenoxy) is 2. The highest BCUT2D eigenvalue weighted by molar-refractivity contribution is 6.02. The van der Waals surface area contributed by atoms with Crippen LogP contribution in [0, 0.1) is 11.8 Å². The van der Waals surface area contributed by atoms with Crippen molar-refractivity contribution < 1.29 is 24.2 Å². The Bertz CT molecular complexity index is 700. The van der Waals surface area contributed by atoms with Gasteiger partial charge in [-0.1, -0.05) is 18.2 Å². The highest BCUT2D eigenvalue weighted by Gasteiger charge is 2.67. The number of fused-ring (bicyclic) bond motifs is 1. The van der Waals surface area contributed by atoms with Gasteiger partial charge in [-0.05, 0) is 12.1 Å². The van der Waals surface area contributed by atoms with Crippen LogP contribution in [0.25, 0.3) is 0 Å². The van der Waals surface area contributed by atoms with E-state index in [1.807, 2.05) is 12.1 Å². The first-order chi connectivity index (χ1) is 10.6. The highest BCUT2D eigenvalue weighted by atomic mass is 16.5. The summed E-state index contributed by atoms with van der Waals surface area (Å²) in [7, 11) is 1.56. The second-order valence-electron chi connectivity index (χ2n) is 5.86. The van der Waals surface area contributed by atoms with Crippen LogP contribution in [0.4, 0.5) is 5.69 Å². The molecule has 3 aliphatic rings. The van der Waals surface area contributed by atoms with E-state index in [1.54, 1.807) is 36.3 Å². The third-order valence-corrected chi connectivity index (χ3v) is 4.75. The largest absolute Gasteiger partial charge is 0.497 e. The van der Waals surface area contributed by atoms with Gasteiger partial charge in [0, 0.05) is 11.8 Å². The predicted octanol–water partition coefficient (Wildman–Crippen LogP) is 1.07. The third kappa shape index (κ3) is 1.58. The van der Waals surface area contributed by atoms with E-state index in [0.717, 1.165) is 0 Å². The number of aliphatic carboxylic acids is 1. The Morgan fingerprint density at radius 1 is 1.50 bits per heavy atom. The quantitative estimate of drug-likeness (QED) is 0.845. The van der Waals surface area contributed by atoms with Gasteiger partial charge in [0.1, 0.15) is 17.3 Å². The summed E-state index contributed by atoms with van der Waals surface area (Å²) in [6.45, 7) is 0.334. The second-order valence-corrected chi connectivity index (χ2v) is 5.86. The standard InChI is InChI=1S/C16H15NO5/c1-21-10-4-2-3-9(7-10)17-8-16-6-5-11(22-16)12(15(19)20)13(16)14(17)18/h2-7,11-13H,8H2,1H3,(H,19,20)/t11-,12+,13-,16+/m1/s1. The third-order valence-electron chi connectivity index (χ3n) is 4.75. The molecule has 1 spiro atoms. The van der Waals surface area contributed by atoms with Gasteiger partial charge in [-0.15, -0.1) is 0 Å². The van der Waals surface area contributed by atoms with Crippen LogP contribution in [0.15, 0.2) is 36.4 Å². The zero-order valence-corrected chi connectivity index (χ0v) is 11.9. The van der Waals surface area contributed by atoms with E-state index in [0.29, 0.717) is 18.0 Å². The number of carbonyl (C=O) groups excluding carboxylic acids is 1. The molecule has 6 heteroatoms. The van der Waals surface area contributed by atoms with Gasteiger partial charge in [0.25, 0.3) is 0 Å². The molecule has 0 radical (unpaired) electrons. The first kappa shape index (κ1) is 13.3. The van der Waals surface area contributed by atoms with E-state index in [1.165, 1.54) is 0 Å². The maximum Gasteiger partial charge on any atom is 0.310 e. The van der Waals surface area contributed by atoms with Crippen molar-refractivity contribution in [2.75, 3.05) is 18.6 Å². The van der Waals surface area contributed by atoms with E-state index < -0.39 is 29.5 Å². The highest BCUT2D eigenvalue weighted by Crippen LogP contribution is 2.52. The van der Waals surface area contributed by atoms with Gasteiger partial charge >= 0.3 is 5.97 Å². The maximum absolute atomic E-state index is 12.8. The number of carboxylic acids is 1. The predicted molar refractivity (Wildman–Crippen MR) is 76.7 cm³/mol. The van der Waals surface area contributed by atoms with Crippen LogP contribution in [0.5, 0.6) is 5.75 Å². The zero-order valence-electron chi connectivity index (χ0n) is 11.9. The topological polar surface area (TPSA) is 76.1 Å². The molecule has 3 heterocycles. The average molecular weight is 301 g/mol. The molecule has 2 fully saturated rings. The van der Waals surface area contributed by atoms with E-state index in [4.69, 9.17) is 9.47 Å². The van der Waals surface area contributed by atoms with Crippen molar-refractivity contribution in [3.8, 4) is 5.75 Å². The molecule has 6 nitrogen and oxygen atoms in total. The fraction of sp³-hybridized carbons (Fsp3) is 0.375. The molecule has 2 bridgehead atoms. The molecule has 4 atom stereocenters. The van der Waals surface area contributed by atoms with E-state index in [2.05, 4.69) is 0 Å². The lowest BCUT2D eigenvalue weighted by molar-refractivity contribution is -0.146. The molecule has 3 aliphatic heterocycles. The fourth-order valence-corrected chi connectivity index (χ4v) is 3.78. The van der Waals surface area contributed by atoms with Gasteiger partial charge in [-0.3, -0.25) is 9.59 Å². The average Bonchev–Trinajstić information content (AvgIpc) is 3.15. The van der Waals surface area contributed by atoms with Crippen LogP contribution in [-0.4, -0.2) is 42.3 Å². The summed E-state index contributed by atoms with van der Waals surface area (Å²) >= 11 is 0. The van der Waals surface area contributed by atoms with Crippen molar-refractivity contribution in [3.05, 3.63) is 36.4 Å². The Morgan fingerprint density at radius 2 is 2.32 bits per heavy atom. The Morgan fingerprint density at radius 3 is 3.05 bits per heavy atom. The van der Waals surface area contributed by atoms with Crippen LogP contribution in [0.1, 0.15) is 0 Å². The van der Waals surface area contributed by atoms with Gasteiger partial charge in [-0.2, -0.15) is 0 Å². The molecule has 1 amide bonds. The molecule has 2 saturated heterocycles. The Kier molecular flexibility index (Phi) is 2.62. The number of carbonyl (C=O) groups is 2. The van der Waals surface area contributed by atoms with Crippen molar-refractivity contribution in [2.24, 2.45) is 11.8 Å². The van der Waals surface area contributed by atoms with E-state index >= 15 is 0 Å². The molecular formula is C16H15NO5. The van der Waals surface area contributed by atoms with Crippen LogP contribution < -0.4 is 9.64 Å². The minimum Gasteiger partial charge on any atom is -0.497 e. The van der Waals surface area contributed by atoms with Gasteiger partial charge in [0.05, 0.1) is 25.7 Å². The summed E-state index contributed by atoms with van der Waals surface area (Å²) < 4.78 is 11.0. The molecule has 0 aromatic heterocycles. The summed E-state index contributed by atoms with van der Waals surface area (Å²) in [4.78, 5) is 25.9. The van der Waals surface area contributed by atoms with Gasteiger partial charge in [0.2, 0.25) is 5.91 Å². The Balaban J connectivity index is 1.73. The molecule has 1 N–H and O–H groups in total. The smallest absolute Gasteiger partial charge is 0.310 e. The lowest BCUT2D eigenvalue weighted by Crippen LogP contribution is -2.39. The number of anilines is 1. The molecule has 0 unspecified atom stereocenters. The minimum absolute atomic E-state index is 0.201. The van der Waals surface area contributed by atoms with E-state index in [9.17, 15) is 14.7 Å². The number of amides is 1. The molecule has 0 aliphatic carbocycles. The first-order valence-corrected chi connectivity index (χ1v) is 7.11. The summed E-state index contributed by atoms with van der Waals surface area (Å²) in [5.41, 5.74) is -0.119. The van der Waals surface area contributed by atoms with Crippen LogP contribution in [0.2, 0.25) is 0 Å². The molecule has 114 valence electrons. The maximum atomic E-state index is 12.8. The van der Waals surface area contributed by atoms with Crippen LogP contribution in [-0.2, 0) is 14.3 Å². The summed E-state index contributed by atoms with van der Waals surface area (Å²) in [5, 5.41) is 9.43. The van der Waals surface area contributed by atoms with Gasteiger partial charge in [-0.25, -0.2) is 0 Å². The lowest BCUT2D eigenvalue weighted by atomic mass is 9.77. The lowest BCUT2D eigenvalue weighted by Gasteiger charge is -2.21. The van der Waals surface area contributed by atoms with Crippen molar-refractivity contribution >= 4 is 17.6 Å². The van der Waals surface area contributed by atoms with Crippen LogP contribution in [0.3, 0.4) is 0 Å². The second kappa shape index (κ2) is 4.33. The molecule has 1 aromatic carbocycles. The van der Waals surface area contributed by atoms with Gasteiger partial charge < -0.3 is 19.5 Å². The normalized spacial score (nSPS) is 35.0. The zero-order chi connectivity index (χ0) is 15.5. The first-order valence-electron chi connectivity index (χ1n) is 7.11. The SMILES string of the molecule is COc1cccc(N2C[C@]34C=C[C@@H](O3)[C@H](C(=O)O)[C@@H]4C2=O)c1. The number of nitrogens with zero attached hydrogens (tertiary/aromatic N) is 1. The molecular weight excluding hydrogens is 286 g/mol. The Hall–Kier alpha value is -2.34. The molecule has 4 rings (SSSR count). The minimum atomic E-state index is -0.984. The van der Waals surface area contributed by atoms with Crippen molar-refractivity contribution in [1.29, 1.82) is 0 Å². The molecule has 22 heavy (non-hydrogen) atoms. The van der Waals surface area contributed by atoms with Crippen molar-refractivity contribution in [2.45, 2.75) is 11.7 Å². The van der Waals surface area contributed by atoms with Crippen molar-refractivity contribution in [1.82, 2.24) is 0 Å². The number of hydrogen-bond donors (Lipinski definition) is 1. The van der Waals surface area contributed by atoms with Gasteiger partial charge in [0.15, 0.2) is 0 Å². The monoisotopic (exact) mass is 301 g/mol. The number of rotatable bonds is 3. The summed E-state index contributed by atoms with van der Waals surface area (Å²) in [6, 6.07) is 7.17.